The van der Waals surface area contributed by atoms with Crippen LogP contribution in [0, 0.1) is 0 Å². The number of hydrogen-bond acceptors (Lipinski definition) is 8. The second-order valence-electron chi connectivity index (χ2n) is 16.1. The fraction of sp³-hybridized carbons (Fsp3) is 1.00. The molecule has 0 bridgehead atoms. The van der Waals surface area contributed by atoms with Gasteiger partial charge in [-0.1, -0.05) is 13.1 Å². The minimum atomic E-state index is -10.1. The predicted molar refractivity (Wildman–Crippen MR) is 166 cm³/mol. The monoisotopic (exact) mass is 1450 g/mol. The summed E-state index contributed by atoms with van der Waals surface area (Å²) in [7, 11) is -2.89. The molecular weight excluding hydrogens is 1430 g/mol. The van der Waals surface area contributed by atoms with Crippen molar-refractivity contribution in [3.05, 3.63) is 0 Å². The average molecular weight is 1450 g/mol. The lowest BCUT2D eigenvalue weighted by atomic mass is 10.2. The second kappa shape index (κ2) is 22.9. The summed E-state index contributed by atoms with van der Waals surface area (Å²) in [5.41, 5.74) is 0. The van der Waals surface area contributed by atoms with Crippen molar-refractivity contribution in [2.75, 3.05) is 13.2 Å². The van der Waals surface area contributed by atoms with Crippen LogP contribution in [0.2, 0.25) is 19.1 Å². The molecular formula is C29H14ClF47O8Si. The van der Waals surface area contributed by atoms with E-state index in [1.165, 1.54) is 13.1 Å². The summed E-state index contributed by atoms with van der Waals surface area (Å²) >= 11 is 5.72. The smallest absolute Gasteiger partial charge is 0.375 e. The van der Waals surface area contributed by atoms with E-state index in [1.807, 2.05) is 0 Å². The predicted octanol–water partition coefficient (Wildman–Crippen LogP) is 16.9. The Hall–Kier alpha value is -3.10. The average Bonchev–Trinajstić information content (AvgIpc) is 3.18. The Balaban J connectivity index is 8.38. The van der Waals surface area contributed by atoms with E-state index in [9.17, 15) is 198 Å². The lowest BCUT2D eigenvalue weighted by Crippen LogP contribution is -2.73. The molecule has 0 aliphatic rings. The van der Waals surface area contributed by atoms with Crippen molar-refractivity contribution in [3.63, 3.8) is 0 Å². The Labute approximate surface area is 441 Å². The lowest BCUT2D eigenvalue weighted by molar-refractivity contribution is -0.608. The zero-order valence-electron chi connectivity index (χ0n) is 38.2. The molecule has 86 heavy (non-hydrogen) atoms. The van der Waals surface area contributed by atoms with Crippen LogP contribution in [0.15, 0.2) is 0 Å². The van der Waals surface area contributed by atoms with Crippen LogP contribution in [0.4, 0.5) is 206 Å². The standard InChI is InChI=1S/C29H14ClF47O8Si/c1-86(2,30)5-3-4-78-6-7(31,15(40,41)42)79-24(66,67)9(34,17(46,47)48)81-26(70,71)11(36,19(52,53)54)83-28(74,75)13(38,21(58,59)60)85-29(76,77)14(39,22(61,62)63)84-27(72,73)12(37,20(55,56)57)82-25(68,69)10(35,18(49,50)51)80-23(64,65)8(32,33)16(43,44)45/h3-6H2,1-2H3. The van der Waals surface area contributed by atoms with Gasteiger partial charge in [0.1, 0.15) is 6.61 Å². The van der Waals surface area contributed by atoms with Gasteiger partial charge in [-0.05, 0) is 12.5 Å². The first kappa shape index (κ1) is 82.9. The molecule has 0 aromatic heterocycles. The number of ether oxygens (including phenoxy) is 8. The molecule has 7 unspecified atom stereocenters. The molecule has 0 fully saturated rings. The van der Waals surface area contributed by atoms with Crippen LogP contribution in [0.3, 0.4) is 0 Å². The first-order valence-corrected chi connectivity index (χ1v) is 23.2. The van der Waals surface area contributed by atoms with Crippen molar-refractivity contribution in [3.8, 4) is 0 Å². The summed E-state index contributed by atoms with van der Waals surface area (Å²) in [6, 6.07) is -0.391. The number of alkyl halides is 47. The largest absolute Gasteiger partial charge is 0.462 e. The highest BCUT2D eigenvalue weighted by atomic mass is 35.6. The maximum Gasteiger partial charge on any atom is 0.462 e. The van der Waals surface area contributed by atoms with Crippen molar-refractivity contribution in [2.24, 2.45) is 0 Å². The molecule has 0 radical (unpaired) electrons. The van der Waals surface area contributed by atoms with Crippen LogP contribution in [-0.2, 0) is 37.9 Å². The molecule has 0 aliphatic heterocycles. The van der Waals surface area contributed by atoms with Gasteiger partial charge in [-0.25, -0.2) is 0 Å². The SMILES string of the molecule is C[Si](C)(Cl)CCCOCC(F)(OC(F)(F)C(F)(OC(F)(F)C(F)(OC(F)(F)C(F)(OC(F)(F)C(F)(OC(F)(F)C(F)(OC(F)(F)C(F)(OC(F)(F)C(F)(F)C(F)(F)F)C(F)(F)F)C(F)(F)F)C(F)(F)F)C(F)(F)F)C(F)(F)F)C(F)(F)F)C(F)(F)F. The number of halogens is 48. The van der Waals surface area contributed by atoms with E-state index in [0.717, 1.165) is 4.74 Å². The Morgan fingerprint density at radius 1 is 0.256 bits per heavy atom. The molecule has 0 rings (SSSR count). The molecule has 0 N–H and O–H groups in total. The summed E-state index contributed by atoms with van der Waals surface area (Å²) in [4.78, 5) is 0. The van der Waals surface area contributed by atoms with Gasteiger partial charge in [0.25, 0.3) is 0 Å². The molecule has 0 aromatic carbocycles. The van der Waals surface area contributed by atoms with E-state index in [-0.39, 0.29) is 0 Å². The van der Waals surface area contributed by atoms with Gasteiger partial charge in [-0.2, -0.15) is 217 Å². The van der Waals surface area contributed by atoms with E-state index in [2.05, 4.69) is 4.74 Å². The van der Waals surface area contributed by atoms with Crippen LogP contribution in [0.5, 0.6) is 0 Å². The highest BCUT2D eigenvalue weighted by Gasteiger charge is 2.93. The quantitative estimate of drug-likeness (QED) is 0.0349. The Bertz CT molecular complexity index is 2280. The van der Waals surface area contributed by atoms with Gasteiger partial charge in [0.05, 0.1) is 0 Å². The zero-order valence-corrected chi connectivity index (χ0v) is 40.0. The molecule has 0 amide bonds. The van der Waals surface area contributed by atoms with Gasteiger partial charge in [0, 0.05) is 6.61 Å². The molecule has 0 heterocycles. The summed E-state index contributed by atoms with van der Waals surface area (Å²) in [5.74, 6) is -74.3. The zero-order chi connectivity index (χ0) is 70.5. The van der Waals surface area contributed by atoms with E-state index in [0.29, 0.717) is 23.7 Å². The van der Waals surface area contributed by atoms with Gasteiger partial charge in [-0.3, -0.25) is 33.2 Å². The topological polar surface area (TPSA) is 73.8 Å². The van der Waals surface area contributed by atoms with E-state index < -0.39 is 172 Å². The van der Waals surface area contributed by atoms with Crippen molar-refractivity contribution < 1.29 is 244 Å². The third kappa shape index (κ3) is 15.3. The fourth-order valence-corrected chi connectivity index (χ4v) is 5.93. The van der Waals surface area contributed by atoms with Gasteiger partial charge >= 0.3 is 139 Å². The lowest BCUT2D eigenvalue weighted by Gasteiger charge is -2.45. The highest BCUT2D eigenvalue weighted by molar-refractivity contribution is 7.19. The van der Waals surface area contributed by atoms with Crippen LogP contribution < -0.4 is 0 Å². The molecule has 8 nitrogen and oxygen atoms in total. The molecule has 57 heteroatoms. The van der Waals surface area contributed by atoms with Crippen molar-refractivity contribution >= 4 is 18.5 Å². The Morgan fingerprint density at radius 3 is 0.605 bits per heavy atom. The van der Waals surface area contributed by atoms with Crippen LogP contribution in [0.1, 0.15) is 6.42 Å². The minimum Gasteiger partial charge on any atom is -0.375 e. The van der Waals surface area contributed by atoms with Crippen molar-refractivity contribution in [2.45, 2.75) is 165 Å². The van der Waals surface area contributed by atoms with Gasteiger partial charge in [0.15, 0.2) is 7.38 Å². The van der Waals surface area contributed by atoms with Gasteiger partial charge in [0.2, 0.25) is 0 Å². The molecule has 0 saturated heterocycles. The Kier molecular flexibility index (Phi) is 22.1. The fourth-order valence-electron chi connectivity index (χ4n) is 4.55. The second-order valence-corrected chi connectivity index (χ2v) is 23.1. The molecule has 0 spiro atoms. The summed E-state index contributed by atoms with van der Waals surface area (Å²) < 4.78 is 662. The molecule has 7 atom stereocenters. The van der Waals surface area contributed by atoms with E-state index in [4.69, 9.17) is 11.1 Å². The third-order valence-electron chi connectivity index (χ3n) is 8.83. The highest BCUT2D eigenvalue weighted by Crippen LogP contribution is 2.64. The maximum absolute atomic E-state index is 15.1. The Morgan fingerprint density at radius 2 is 0.442 bits per heavy atom. The van der Waals surface area contributed by atoms with Crippen LogP contribution in [-0.4, -0.2) is 160 Å². The summed E-state index contributed by atoms with van der Waals surface area (Å²) in [6.45, 7) is -2.59. The molecule has 518 valence electrons. The van der Waals surface area contributed by atoms with Crippen LogP contribution >= 0.6 is 11.1 Å². The number of rotatable bonds is 27. The third-order valence-corrected chi connectivity index (χ3v) is 10.9. The number of hydrogen-bond donors (Lipinski definition) is 0. The van der Waals surface area contributed by atoms with Gasteiger partial charge in [-0.15, -0.1) is 0 Å². The summed E-state index contributed by atoms with van der Waals surface area (Å²) in [5, 5.41) is 0. The molecule has 0 aromatic rings. The van der Waals surface area contributed by atoms with Crippen molar-refractivity contribution in [1.82, 2.24) is 0 Å². The van der Waals surface area contributed by atoms with Crippen molar-refractivity contribution in [1.29, 1.82) is 0 Å². The maximum atomic E-state index is 15.1. The minimum absolute atomic E-state index is 0.391. The van der Waals surface area contributed by atoms with Crippen LogP contribution in [0.25, 0.3) is 0 Å². The molecule has 0 aliphatic carbocycles. The van der Waals surface area contributed by atoms with E-state index >= 15 is 8.78 Å². The first-order chi connectivity index (χ1) is 36.4. The van der Waals surface area contributed by atoms with E-state index in [1.54, 1.807) is 4.74 Å². The van der Waals surface area contributed by atoms with Gasteiger partial charge < -0.3 is 4.74 Å². The normalized spacial score (nSPS) is 20.7. The molecule has 0 saturated carbocycles. The first-order valence-electron chi connectivity index (χ1n) is 19.0. The summed E-state index contributed by atoms with van der Waals surface area (Å²) in [6.07, 6.45) is -140.